The summed E-state index contributed by atoms with van der Waals surface area (Å²) in [7, 11) is 1.51. The molecule has 1 N–H and O–H groups in total. The quantitative estimate of drug-likeness (QED) is 0.882. The molecule has 1 atom stereocenters. The van der Waals surface area contributed by atoms with Crippen molar-refractivity contribution in [3.05, 3.63) is 29.6 Å². The van der Waals surface area contributed by atoms with Gasteiger partial charge in [-0.25, -0.2) is 9.18 Å². The molecular formula is C16H20FN3O4. The number of nitrogens with one attached hydrogen (secondary N) is 1. The Kier molecular flexibility index (Phi) is 4.96. The van der Waals surface area contributed by atoms with Crippen molar-refractivity contribution >= 4 is 17.7 Å². The van der Waals surface area contributed by atoms with Crippen LogP contribution < -0.4 is 10.2 Å². The predicted octanol–water partition coefficient (Wildman–Crippen LogP) is 0.843. The molecule has 0 radical (unpaired) electrons. The number of ether oxygens (including phenoxy) is 2. The highest BCUT2D eigenvalue weighted by Crippen LogP contribution is 2.27. The Morgan fingerprint density at radius 2 is 2.17 bits per heavy atom. The lowest BCUT2D eigenvalue weighted by Gasteiger charge is -2.28. The van der Waals surface area contributed by atoms with Gasteiger partial charge >= 0.3 is 6.09 Å². The zero-order valence-electron chi connectivity index (χ0n) is 13.5. The van der Waals surface area contributed by atoms with Crippen LogP contribution in [0.15, 0.2) is 18.2 Å². The normalized spacial score (nSPS) is 21.1. The number of amides is 2. The number of methoxy groups -OCH3 is 1. The van der Waals surface area contributed by atoms with Crippen LogP contribution in [0.25, 0.3) is 0 Å². The number of carbonyl (C=O) groups excluding carboxylic acids is 2. The number of piperazine rings is 1. The van der Waals surface area contributed by atoms with Crippen LogP contribution in [-0.2, 0) is 9.47 Å². The number of halogens is 1. The van der Waals surface area contributed by atoms with Crippen LogP contribution >= 0.6 is 0 Å². The Bertz CT molecular complexity index is 634. The first-order chi connectivity index (χ1) is 11.6. The zero-order chi connectivity index (χ0) is 17.1. The third-order valence-corrected chi connectivity index (χ3v) is 4.18. The summed E-state index contributed by atoms with van der Waals surface area (Å²) in [5.41, 5.74) is 0.366. The molecule has 0 aliphatic carbocycles. The van der Waals surface area contributed by atoms with E-state index in [9.17, 15) is 14.0 Å². The van der Waals surface area contributed by atoms with Gasteiger partial charge in [0.05, 0.1) is 18.3 Å². The van der Waals surface area contributed by atoms with Gasteiger partial charge in [0.1, 0.15) is 12.4 Å². The minimum atomic E-state index is -0.629. The van der Waals surface area contributed by atoms with E-state index in [2.05, 4.69) is 5.32 Å². The molecule has 2 aliphatic heterocycles. The van der Waals surface area contributed by atoms with E-state index in [0.717, 1.165) is 13.1 Å². The monoisotopic (exact) mass is 337 g/mol. The van der Waals surface area contributed by atoms with Crippen LogP contribution in [0.1, 0.15) is 10.4 Å². The van der Waals surface area contributed by atoms with E-state index in [0.29, 0.717) is 13.1 Å². The number of benzene rings is 1. The molecular weight excluding hydrogens is 317 g/mol. The molecule has 2 amide bonds. The number of anilines is 1. The highest BCUT2D eigenvalue weighted by atomic mass is 19.1. The fraction of sp³-hybridized carbons (Fsp3) is 0.500. The van der Waals surface area contributed by atoms with Crippen molar-refractivity contribution in [2.75, 3.05) is 51.4 Å². The fourth-order valence-electron chi connectivity index (χ4n) is 2.96. The van der Waals surface area contributed by atoms with Crippen molar-refractivity contribution in [2.45, 2.75) is 6.04 Å². The van der Waals surface area contributed by atoms with E-state index in [1.54, 1.807) is 4.90 Å². The van der Waals surface area contributed by atoms with Crippen LogP contribution in [0.5, 0.6) is 0 Å². The van der Waals surface area contributed by atoms with E-state index in [-0.39, 0.29) is 36.4 Å². The van der Waals surface area contributed by atoms with Crippen molar-refractivity contribution < 1.29 is 23.5 Å². The minimum Gasteiger partial charge on any atom is -0.447 e. The standard InChI is InChI=1S/C16H20FN3O4/c1-23-9-12-10-24-16(22)20(12)14-3-2-11(8-13(14)17)15(21)19-6-4-18-5-7-19/h2-3,8,12,18H,4-7,9-10H2,1H3/t12-/m1/s1. The summed E-state index contributed by atoms with van der Waals surface area (Å²) in [4.78, 5) is 27.2. The first-order valence-corrected chi connectivity index (χ1v) is 7.86. The van der Waals surface area contributed by atoms with Gasteiger partial charge in [-0.2, -0.15) is 0 Å². The van der Waals surface area contributed by atoms with Gasteiger partial charge < -0.3 is 19.7 Å². The van der Waals surface area contributed by atoms with E-state index >= 15 is 0 Å². The topological polar surface area (TPSA) is 71.1 Å². The Balaban J connectivity index is 1.81. The SMILES string of the molecule is COC[C@@H]1COC(=O)N1c1ccc(C(=O)N2CCNCC2)cc1F. The van der Waals surface area contributed by atoms with Crippen LogP contribution in [0.3, 0.4) is 0 Å². The molecule has 8 heteroatoms. The maximum absolute atomic E-state index is 14.5. The molecule has 0 unspecified atom stereocenters. The van der Waals surface area contributed by atoms with Crippen molar-refractivity contribution in [2.24, 2.45) is 0 Å². The molecule has 2 aliphatic rings. The lowest BCUT2D eigenvalue weighted by Crippen LogP contribution is -2.46. The summed E-state index contributed by atoms with van der Waals surface area (Å²) in [6.07, 6.45) is -0.614. The maximum atomic E-state index is 14.5. The molecule has 2 fully saturated rings. The third kappa shape index (κ3) is 3.20. The smallest absolute Gasteiger partial charge is 0.414 e. The minimum absolute atomic E-state index is 0.0939. The average Bonchev–Trinajstić information content (AvgIpc) is 2.96. The summed E-state index contributed by atoms with van der Waals surface area (Å²) in [5, 5.41) is 3.16. The van der Waals surface area contributed by atoms with Crippen molar-refractivity contribution in [1.82, 2.24) is 10.2 Å². The van der Waals surface area contributed by atoms with Gasteiger partial charge in [-0.1, -0.05) is 0 Å². The second kappa shape index (κ2) is 7.14. The van der Waals surface area contributed by atoms with E-state index in [4.69, 9.17) is 9.47 Å². The van der Waals surface area contributed by atoms with Gasteiger partial charge in [0.15, 0.2) is 0 Å². The van der Waals surface area contributed by atoms with E-state index in [1.165, 1.54) is 30.2 Å². The van der Waals surface area contributed by atoms with Gasteiger partial charge in [-0.05, 0) is 18.2 Å². The molecule has 0 bridgehead atoms. The predicted molar refractivity (Wildman–Crippen MR) is 84.7 cm³/mol. The highest BCUT2D eigenvalue weighted by Gasteiger charge is 2.36. The van der Waals surface area contributed by atoms with Crippen molar-refractivity contribution in [3.8, 4) is 0 Å². The fourth-order valence-corrected chi connectivity index (χ4v) is 2.96. The summed E-state index contributed by atoms with van der Waals surface area (Å²) >= 11 is 0. The molecule has 3 rings (SSSR count). The Morgan fingerprint density at radius 1 is 1.42 bits per heavy atom. The number of hydrogen-bond donors (Lipinski definition) is 1. The Morgan fingerprint density at radius 3 is 2.83 bits per heavy atom. The second-order valence-electron chi connectivity index (χ2n) is 5.76. The van der Waals surface area contributed by atoms with Crippen LogP contribution in [0.4, 0.5) is 14.9 Å². The van der Waals surface area contributed by atoms with E-state index < -0.39 is 11.9 Å². The first kappa shape index (κ1) is 16.7. The Labute approximate surface area is 139 Å². The lowest BCUT2D eigenvalue weighted by molar-refractivity contribution is 0.0735. The molecule has 7 nitrogen and oxygen atoms in total. The maximum Gasteiger partial charge on any atom is 0.414 e. The lowest BCUT2D eigenvalue weighted by atomic mass is 10.1. The van der Waals surface area contributed by atoms with Crippen molar-refractivity contribution in [3.63, 3.8) is 0 Å². The van der Waals surface area contributed by atoms with Gasteiger partial charge in [-0.3, -0.25) is 9.69 Å². The summed E-state index contributed by atoms with van der Waals surface area (Å²) in [6.45, 7) is 3.03. The van der Waals surface area contributed by atoms with Gasteiger partial charge in [-0.15, -0.1) is 0 Å². The summed E-state index contributed by atoms with van der Waals surface area (Å²) in [5.74, 6) is -0.838. The summed E-state index contributed by atoms with van der Waals surface area (Å²) < 4.78 is 24.6. The Hall–Kier alpha value is -2.19. The molecule has 2 heterocycles. The van der Waals surface area contributed by atoms with Gasteiger partial charge in [0.2, 0.25) is 0 Å². The largest absolute Gasteiger partial charge is 0.447 e. The average molecular weight is 337 g/mol. The zero-order valence-corrected chi connectivity index (χ0v) is 13.5. The third-order valence-electron chi connectivity index (χ3n) is 4.18. The molecule has 130 valence electrons. The molecule has 0 saturated carbocycles. The number of hydrogen-bond acceptors (Lipinski definition) is 5. The van der Waals surface area contributed by atoms with Gasteiger partial charge in [0, 0.05) is 38.9 Å². The molecule has 0 spiro atoms. The van der Waals surface area contributed by atoms with E-state index in [1.807, 2.05) is 0 Å². The summed E-state index contributed by atoms with van der Waals surface area (Å²) in [6, 6.07) is 3.78. The van der Waals surface area contributed by atoms with Crippen LogP contribution in [0.2, 0.25) is 0 Å². The number of cyclic esters (lactones) is 1. The molecule has 2 saturated heterocycles. The number of nitrogens with zero attached hydrogens (tertiary/aromatic N) is 2. The van der Waals surface area contributed by atoms with Crippen LogP contribution in [-0.4, -0.2) is 69.4 Å². The van der Waals surface area contributed by atoms with Gasteiger partial charge in [0.25, 0.3) is 5.91 Å². The van der Waals surface area contributed by atoms with Crippen LogP contribution in [0, 0.1) is 5.82 Å². The molecule has 1 aromatic rings. The highest BCUT2D eigenvalue weighted by molar-refractivity contribution is 5.96. The van der Waals surface area contributed by atoms with Crippen molar-refractivity contribution in [1.29, 1.82) is 0 Å². The molecule has 24 heavy (non-hydrogen) atoms. The molecule has 1 aromatic carbocycles. The number of carbonyl (C=O) groups is 2. The molecule has 0 aromatic heterocycles. The number of rotatable bonds is 4. The second-order valence-corrected chi connectivity index (χ2v) is 5.76. The first-order valence-electron chi connectivity index (χ1n) is 7.86.